The summed E-state index contributed by atoms with van der Waals surface area (Å²) in [6.45, 7) is 0.648. The maximum atomic E-state index is 12.5. The van der Waals surface area contributed by atoms with Crippen LogP contribution in [0.3, 0.4) is 0 Å². The number of carbonyl (C=O) groups excluding carboxylic acids is 3. The van der Waals surface area contributed by atoms with Crippen molar-refractivity contribution >= 4 is 17.8 Å². The normalized spacial score (nSPS) is 22.8. The van der Waals surface area contributed by atoms with E-state index in [1.165, 1.54) is 24.1 Å². The van der Waals surface area contributed by atoms with Gasteiger partial charge in [-0.25, -0.2) is 4.79 Å². The van der Waals surface area contributed by atoms with Gasteiger partial charge < -0.3 is 10.2 Å². The number of halogens is 3. The van der Waals surface area contributed by atoms with E-state index in [1.807, 2.05) is 0 Å². The first-order valence-corrected chi connectivity index (χ1v) is 8.19. The number of amides is 4. The van der Waals surface area contributed by atoms with Crippen molar-refractivity contribution in [2.75, 3.05) is 26.7 Å². The van der Waals surface area contributed by atoms with Crippen LogP contribution in [0.25, 0.3) is 0 Å². The largest absolute Gasteiger partial charge is 0.416 e. The van der Waals surface area contributed by atoms with Crippen LogP contribution in [0.5, 0.6) is 0 Å². The van der Waals surface area contributed by atoms with E-state index >= 15 is 0 Å². The summed E-state index contributed by atoms with van der Waals surface area (Å²) in [5.41, 5.74) is -0.0447. The number of rotatable bonds is 3. The van der Waals surface area contributed by atoms with Crippen molar-refractivity contribution in [2.45, 2.75) is 12.6 Å². The third-order valence-electron chi connectivity index (χ3n) is 4.87. The molecule has 2 unspecified atom stereocenters. The lowest BCUT2D eigenvalue weighted by atomic mass is 10.00. The molecule has 0 bridgehead atoms. The highest BCUT2D eigenvalue weighted by molar-refractivity contribution is 6.06. The zero-order valence-corrected chi connectivity index (χ0v) is 14.0. The van der Waals surface area contributed by atoms with E-state index < -0.39 is 23.6 Å². The lowest BCUT2D eigenvalue weighted by Crippen LogP contribution is -2.42. The highest BCUT2D eigenvalue weighted by atomic mass is 19.4. The SMILES string of the molecule is CN1C(=O)C2CN(C(=O)NCCc3ccc(C(F)(F)F)cc3)CC2C1=O. The average molecular weight is 369 g/mol. The Bertz CT molecular complexity index is 709. The smallest absolute Gasteiger partial charge is 0.338 e. The number of alkyl halides is 3. The summed E-state index contributed by atoms with van der Waals surface area (Å²) in [6.07, 6.45) is -3.99. The fourth-order valence-electron chi connectivity index (χ4n) is 3.36. The van der Waals surface area contributed by atoms with Crippen molar-refractivity contribution in [3.05, 3.63) is 35.4 Å². The summed E-state index contributed by atoms with van der Waals surface area (Å²) >= 11 is 0. The van der Waals surface area contributed by atoms with E-state index in [0.29, 0.717) is 12.0 Å². The van der Waals surface area contributed by atoms with Gasteiger partial charge in [-0.1, -0.05) is 12.1 Å². The van der Waals surface area contributed by atoms with Crippen molar-refractivity contribution in [1.82, 2.24) is 15.1 Å². The Hall–Kier alpha value is -2.58. The second-order valence-electron chi connectivity index (χ2n) is 6.53. The Morgan fingerprint density at radius 3 is 2.15 bits per heavy atom. The molecule has 2 fully saturated rings. The van der Waals surface area contributed by atoms with Crippen molar-refractivity contribution < 1.29 is 27.6 Å². The fourth-order valence-corrected chi connectivity index (χ4v) is 3.36. The van der Waals surface area contributed by atoms with Crippen LogP contribution in [-0.4, -0.2) is 54.3 Å². The summed E-state index contributed by atoms with van der Waals surface area (Å²) in [5.74, 6) is -1.48. The molecule has 3 rings (SSSR count). The number of fused-ring (bicyclic) bond motifs is 1. The van der Waals surface area contributed by atoms with Gasteiger partial charge in [-0.15, -0.1) is 0 Å². The number of hydrogen-bond donors (Lipinski definition) is 1. The van der Waals surface area contributed by atoms with E-state index in [9.17, 15) is 27.6 Å². The third-order valence-corrected chi connectivity index (χ3v) is 4.87. The van der Waals surface area contributed by atoms with Gasteiger partial charge in [-0.05, 0) is 24.1 Å². The molecule has 6 nitrogen and oxygen atoms in total. The molecule has 140 valence electrons. The summed E-state index contributed by atoms with van der Waals surface area (Å²) in [6, 6.07) is 4.39. The van der Waals surface area contributed by atoms with Crippen LogP contribution >= 0.6 is 0 Å². The summed E-state index contributed by atoms with van der Waals surface area (Å²) < 4.78 is 37.5. The minimum Gasteiger partial charge on any atom is -0.338 e. The molecule has 4 amide bonds. The highest BCUT2D eigenvalue weighted by Gasteiger charge is 2.51. The molecule has 2 aliphatic heterocycles. The van der Waals surface area contributed by atoms with E-state index in [0.717, 1.165) is 17.0 Å². The molecule has 0 aromatic heterocycles. The number of urea groups is 1. The Morgan fingerprint density at radius 1 is 1.12 bits per heavy atom. The van der Waals surface area contributed by atoms with Crippen molar-refractivity contribution in [3.8, 4) is 0 Å². The molecule has 9 heteroatoms. The predicted octanol–water partition coefficient (Wildman–Crippen LogP) is 1.50. The molecule has 26 heavy (non-hydrogen) atoms. The minimum absolute atomic E-state index is 0.200. The highest BCUT2D eigenvalue weighted by Crippen LogP contribution is 2.32. The van der Waals surface area contributed by atoms with Gasteiger partial charge >= 0.3 is 12.2 Å². The number of nitrogens with one attached hydrogen (secondary N) is 1. The molecule has 2 atom stereocenters. The second-order valence-corrected chi connectivity index (χ2v) is 6.53. The molecule has 1 aromatic rings. The molecule has 2 heterocycles. The zero-order chi connectivity index (χ0) is 19.1. The Morgan fingerprint density at radius 2 is 1.65 bits per heavy atom. The monoisotopic (exact) mass is 369 g/mol. The fraction of sp³-hybridized carbons (Fsp3) is 0.471. The zero-order valence-electron chi connectivity index (χ0n) is 14.0. The predicted molar refractivity (Wildman–Crippen MR) is 84.9 cm³/mol. The summed E-state index contributed by atoms with van der Waals surface area (Å²) in [5, 5.41) is 2.68. The maximum Gasteiger partial charge on any atom is 0.416 e. The number of nitrogens with zero attached hydrogens (tertiary/aromatic N) is 2. The van der Waals surface area contributed by atoms with Gasteiger partial charge in [0.2, 0.25) is 11.8 Å². The number of likely N-dealkylation sites (tertiary alicyclic amines) is 2. The standard InChI is InChI=1S/C17H18F3N3O3/c1-22-14(24)12-8-23(9-13(12)15(22)25)16(26)21-7-6-10-2-4-11(5-3-10)17(18,19)20/h2-5,12-13H,6-9H2,1H3,(H,21,26). The summed E-state index contributed by atoms with van der Waals surface area (Å²) in [7, 11) is 1.44. The molecule has 0 spiro atoms. The first-order valence-electron chi connectivity index (χ1n) is 8.19. The minimum atomic E-state index is -4.37. The van der Waals surface area contributed by atoms with Gasteiger partial charge in [-0.3, -0.25) is 14.5 Å². The molecule has 1 aromatic carbocycles. The van der Waals surface area contributed by atoms with Crippen LogP contribution in [0.1, 0.15) is 11.1 Å². The second kappa shape index (κ2) is 6.62. The van der Waals surface area contributed by atoms with Crippen LogP contribution in [0, 0.1) is 11.8 Å². The van der Waals surface area contributed by atoms with Crippen LogP contribution in [0.15, 0.2) is 24.3 Å². The Balaban J connectivity index is 1.48. The van der Waals surface area contributed by atoms with Gasteiger partial charge in [0, 0.05) is 26.7 Å². The van der Waals surface area contributed by atoms with Crippen molar-refractivity contribution in [3.63, 3.8) is 0 Å². The molecule has 2 saturated heterocycles. The van der Waals surface area contributed by atoms with Gasteiger partial charge in [0.05, 0.1) is 17.4 Å². The molecule has 2 aliphatic rings. The van der Waals surface area contributed by atoms with Gasteiger partial charge in [0.1, 0.15) is 0 Å². The number of imide groups is 1. The van der Waals surface area contributed by atoms with Gasteiger partial charge in [-0.2, -0.15) is 13.2 Å². The van der Waals surface area contributed by atoms with Crippen LogP contribution in [0.4, 0.5) is 18.0 Å². The van der Waals surface area contributed by atoms with E-state index in [1.54, 1.807) is 0 Å². The topological polar surface area (TPSA) is 69.7 Å². The lowest BCUT2D eigenvalue weighted by Gasteiger charge is -2.19. The number of hydrogen-bond acceptors (Lipinski definition) is 3. The lowest BCUT2D eigenvalue weighted by molar-refractivity contribution is -0.139. The van der Waals surface area contributed by atoms with Gasteiger partial charge in [0.25, 0.3) is 0 Å². The third kappa shape index (κ3) is 3.38. The summed E-state index contributed by atoms with van der Waals surface area (Å²) in [4.78, 5) is 38.6. The Kier molecular flexibility index (Phi) is 4.64. The molecular formula is C17H18F3N3O3. The first-order chi connectivity index (χ1) is 12.2. The Labute approximate surface area is 147 Å². The van der Waals surface area contributed by atoms with Gasteiger partial charge in [0.15, 0.2) is 0 Å². The van der Waals surface area contributed by atoms with E-state index in [-0.39, 0.29) is 37.5 Å². The average Bonchev–Trinajstić information content (AvgIpc) is 3.11. The molecular weight excluding hydrogens is 351 g/mol. The van der Waals surface area contributed by atoms with Crippen LogP contribution in [-0.2, 0) is 22.2 Å². The maximum absolute atomic E-state index is 12.5. The molecule has 0 radical (unpaired) electrons. The molecule has 0 aliphatic carbocycles. The van der Waals surface area contributed by atoms with E-state index in [4.69, 9.17) is 0 Å². The number of carbonyl (C=O) groups is 3. The molecule has 0 saturated carbocycles. The molecule has 1 N–H and O–H groups in total. The quantitative estimate of drug-likeness (QED) is 0.821. The van der Waals surface area contributed by atoms with Crippen LogP contribution in [0.2, 0.25) is 0 Å². The van der Waals surface area contributed by atoms with Crippen LogP contribution < -0.4 is 5.32 Å². The van der Waals surface area contributed by atoms with E-state index in [2.05, 4.69) is 5.32 Å². The van der Waals surface area contributed by atoms with Crippen molar-refractivity contribution in [2.24, 2.45) is 11.8 Å². The van der Waals surface area contributed by atoms with Crippen molar-refractivity contribution in [1.29, 1.82) is 0 Å². The number of benzene rings is 1. The first kappa shape index (κ1) is 18.2.